The largest absolute Gasteiger partial charge is 0.452 e. The number of esters is 2. The summed E-state index contributed by atoms with van der Waals surface area (Å²) in [4.78, 5) is 74.9. The second-order valence-corrected chi connectivity index (χ2v) is 8.44. The quantitative estimate of drug-likeness (QED) is 0.490. The van der Waals surface area contributed by atoms with Crippen LogP contribution in [0, 0.1) is 0 Å². The highest BCUT2D eigenvalue weighted by Gasteiger charge is 2.25. The van der Waals surface area contributed by atoms with Gasteiger partial charge in [-0.1, -0.05) is 12.1 Å². The second-order valence-electron chi connectivity index (χ2n) is 8.44. The molecule has 0 bridgehead atoms. The lowest BCUT2D eigenvalue weighted by atomic mass is 10.2. The van der Waals surface area contributed by atoms with Gasteiger partial charge in [-0.15, -0.1) is 0 Å². The van der Waals surface area contributed by atoms with E-state index in [9.17, 15) is 28.8 Å². The van der Waals surface area contributed by atoms with Crippen molar-refractivity contribution in [2.24, 2.45) is 0 Å². The third kappa shape index (κ3) is 8.15. The molecule has 1 aliphatic heterocycles. The van der Waals surface area contributed by atoms with Crippen molar-refractivity contribution < 1.29 is 38.2 Å². The topological polar surface area (TPSA) is 151 Å². The van der Waals surface area contributed by atoms with Crippen molar-refractivity contribution in [2.45, 2.75) is 13.8 Å². The highest BCUT2D eigenvalue weighted by atomic mass is 16.5. The fourth-order valence-electron chi connectivity index (χ4n) is 3.66. The number of carbonyl (C=O) groups is 6. The molecule has 1 aliphatic rings. The molecule has 4 amide bonds. The smallest absolute Gasteiger partial charge is 0.338 e. The van der Waals surface area contributed by atoms with Crippen molar-refractivity contribution in [3.63, 3.8) is 0 Å². The average molecular weight is 525 g/mol. The van der Waals surface area contributed by atoms with Crippen molar-refractivity contribution in [1.29, 1.82) is 0 Å². The predicted molar refractivity (Wildman–Crippen MR) is 135 cm³/mol. The summed E-state index contributed by atoms with van der Waals surface area (Å²) in [5.41, 5.74) is 1.25. The van der Waals surface area contributed by atoms with Gasteiger partial charge in [-0.2, -0.15) is 0 Å². The fourth-order valence-corrected chi connectivity index (χ4v) is 3.66. The Bertz CT molecular complexity index is 1140. The molecule has 1 heterocycles. The highest BCUT2D eigenvalue weighted by molar-refractivity contribution is 5.95. The summed E-state index contributed by atoms with van der Waals surface area (Å²) in [6, 6.07) is 12.3. The Kier molecular flexibility index (Phi) is 9.52. The first-order chi connectivity index (χ1) is 18.1. The summed E-state index contributed by atoms with van der Waals surface area (Å²) >= 11 is 0. The average Bonchev–Trinajstić information content (AvgIpc) is 2.89. The number of nitrogens with one attached hydrogen (secondary N) is 2. The number of nitrogens with zero attached hydrogens (tertiary/aromatic N) is 2. The molecular formula is C26H28N4O8. The van der Waals surface area contributed by atoms with Crippen LogP contribution in [0.5, 0.6) is 0 Å². The third-order valence-corrected chi connectivity index (χ3v) is 5.48. The molecule has 1 fully saturated rings. The molecule has 12 heteroatoms. The lowest BCUT2D eigenvalue weighted by molar-refractivity contribution is -0.142. The van der Waals surface area contributed by atoms with Crippen LogP contribution in [0.2, 0.25) is 0 Å². The molecule has 0 radical (unpaired) electrons. The van der Waals surface area contributed by atoms with Gasteiger partial charge in [-0.3, -0.25) is 19.2 Å². The Hall–Kier alpha value is -4.74. The van der Waals surface area contributed by atoms with E-state index >= 15 is 0 Å². The van der Waals surface area contributed by atoms with Crippen molar-refractivity contribution in [1.82, 2.24) is 9.80 Å². The van der Waals surface area contributed by atoms with Gasteiger partial charge in [0, 0.05) is 51.4 Å². The van der Waals surface area contributed by atoms with Gasteiger partial charge < -0.3 is 29.9 Å². The van der Waals surface area contributed by atoms with Gasteiger partial charge in [0.25, 0.3) is 11.8 Å². The maximum atomic E-state index is 12.5. The van der Waals surface area contributed by atoms with Crippen molar-refractivity contribution in [3.8, 4) is 0 Å². The molecule has 38 heavy (non-hydrogen) atoms. The van der Waals surface area contributed by atoms with E-state index in [4.69, 9.17) is 9.47 Å². The molecule has 0 aromatic heterocycles. The lowest BCUT2D eigenvalue weighted by Gasteiger charge is -2.34. The molecule has 2 N–H and O–H groups in total. The van der Waals surface area contributed by atoms with Gasteiger partial charge in [0.2, 0.25) is 11.8 Å². The Balaban J connectivity index is 1.41. The van der Waals surface area contributed by atoms with Crippen LogP contribution in [-0.2, 0) is 28.7 Å². The Morgan fingerprint density at radius 2 is 1.03 bits per heavy atom. The zero-order valence-electron chi connectivity index (χ0n) is 21.0. The molecule has 200 valence electrons. The molecule has 0 unspecified atom stereocenters. The van der Waals surface area contributed by atoms with E-state index in [-0.39, 0.29) is 49.1 Å². The first-order valence-corrected chi connectivity index (χ1v) is 11.8. The van der Waals surface area contributed by atoms with Crippen molar-refractivity contribution >= 4 is 46.9 Å². The van der Waals surface area contributed by atoms with Gasteiger partial charge in [0.1, 0.15) is 0 Å². The molecule has 12 nitrogen and oxygen atoms in total. The van der Waals surface area contributed by atoms with Crippen LogP contribution in [0.4, 0.5) is 11.4 Å². The molecule has 1 saturated heterocycles. The first-order valence-electron chi connectivity index (χ1n) is 11.8. The van der Waals surface area contributed by atoms with Crippen LogP contribution in [0.15, 0.2) is 48.5 Å². The van der Waals surface area contributed by atoms with Gasteiger partial charge >= 0.3 is 11.9 Å². The number of ether oxygens (including phenoxy) is 2. The molecular weight excluding hydrogens is 496 g/mol. The van der Waals surface area contributed by atoms with E-state index in [1.54, 1.807) is 24.3 Å². The van der Waals surface area contributed by atoms with Crippen molar-refractivity contribution in [3.05, 3.63) is 59.7 Å². The highest BCUT2D eigenvalue weighted by Crippen LogP contribution is 2.13. The molecule has 0 saturated carbocycles. The minimum absolute atomic E-state index is 0.191. The van der Waals surface area contributed by atoms with E-state index in [1.807, 2.05) is 0 Å². The molecule has 0 spiro atoms. The second kappa shape index (κ2) is 13.0. The lowest BCUT2D eigenvalue weighted by Crippen LogP contribution is -2.52. The Labute approximate surface area is 218 Å². The predicted octanol–water partition coefficient (Wildman–Crippen LogP) is 1.29. The fraction of sp³-hybridized carbons (Fsp3) is 0.308. The normalized spacial score (nSPS) is 12.8. The van der Waals surface area contributed by atoms with Crippen LogP contribution in [0.3, 0.4) is 0 Å². The van der Waals surface area contributed by atoms with E-state index in [0.29, 0.717) is 11.4 Å². The van der Waals surface area contributed by atoms with E-state index < -0.39 is 37.0 Å². The minimum atomic E-state index is -0.705. The molecule has 0 atom stereocenters. The van der Waals surface area contributed by atoms with E-state index in [2.05, 4.69) is 10.6 Å². The molecule has 3 rings (SSSR count). The monoisotopic (exact) mass is 524 g/mol. The minimum Gasteiger partial charge on any atom is -0.452 e. The van der Waals surface area contributed by atoms with Crippen LogP contribution < -0.4 is 10.6 Å². The van der Waals surface area contributed by atoms with Crippen LogP contribution in [0.1, 0.15) is 34.6 Å². The van der Waals surface area contributed by atoms with Crippen LogP contribution in [0.25, 0.3) is 0 Å². The zero-order chi connectivity index (χ0) is 27.7. The number of anilines is 2. The summed E-state index contributed by atoms with van der Waals surface area (Å²) in [5, 5.41) is 5.13. The zero-order valence-corrected chi connectivity index (χ0v) is 21.0. The molecule has 2 aromatic rings. The molecule has 0 aliphatic carbocycles. The van der Waals surface area contributed by atoms with Gasteiger partial charge in [-0.05, 0) is 36.4 Å². The summed E-state index contributed by atoms with van der Waals surface area (Å²) in [5.74, 6) is -2.79. The van der Waals surface area contributed by atoms with Crippen LogP contribution >= 0.6 is 0 Å². The first kappa shape index (κ1) is 27.8. The number of carbonyl (C=O) groups excluding carboxylic acids is 6. The number of piperazine rings is 1. The standard InChI is InChI=1S/C26H28N4O8/c1-17(31)27-21-7-3-5-19(13-21)25(35)37-15-23(33)29-9-11-30(12-10-29)24(34)16-38-26(36)20-6-4-8-22(14-20)28-18(2)32/h3-8,13-14H,9-12,15-16H2,1-2H3,(H,27,31)(H,28,32). The summed E-state index contributed by atoms with van der Waals surface area (Å²) in [6.07, 6.45) is 0. The SMILES string of the molecule is CC(=O)Nc1cccc(C(=O)OCC(=O)N2CCN(C(=O)COC(=O)c3cccc(NC(C)=O)c3)CC2)c1. The third-order valence-electron chi connectivity index (χ3n) is 5.48. The number of rotatable bonds is 8. The summed E-state index contributed by atoms with van der Waals surface area (Å²) in [6.45, 7) is 2.68. The van der Waals surface area contributed by atoms with E-state index in [1.165, 1.54) is 47.9 Å². The van der Waals surface area contributed by atoms with E-state index in [0.717, 1.165) is 0 Å². The maximum Gasteiger partial charge on any atom is 0.338 e. The maximum absolute atomic E-state index is 12.5. The van der Waals surface area contributed by atoms with Gasteiger partial charge in [-0.25, -0.2) is 9.59 Å². The number of amides is 4. The summed E-state index contributed by atoms with van der Waals surface area (Å²) < 4.78 is 10.2. The van der Waals surface area contributed by atoms with Crippen LogP contribution in [-0.4, -0.2) is 84.8 Å². The van der Waals surface area contributed by atoms with Gasteiger partial charge in [0.05, 0.1) is 11.1 Å². The Morgan fingerprint density at radius 3 is 1.37 bits per heavy atom. The molecule has 2 aromatic carbocycles. The van der Waals surface area contributed by atoms with Gasteiger partial charge in [0.15, 0.2) is 13.2 Å². The summed E-state index contributed by atoms with van der Waals surface area (Å²) in [7, 11) is 0. The number of hydrogen-bond acceptors (Lipinski definition) is 8. The number of benzene rings is 2. The number of hydrogen-bond donors (Lipinski definition) is 2. The van der Waals surface area contributed by atoms with Crippen molar-refractivity contribution in [2.75, 3.05) is 50.0 Å². The Morgan fingerprint density at radius 1 is 0.658 bits per heavy atom.